The standard InChI is InChI=1S/C26H20ClFN2O3/c1-15-7-10-20(11-16(15)2)30-25(32)21(24(31)29-26(30)33)12-17-8-9-18(22(27)13-17)14-19-5-3-4-6-23(19)28/h3-13H,14H2,1-2H3,(H,29,31,33)/b21-12+. The number of halogens is 2. The number of hydrogen-bond donors (Lipinski definition) is 1. The molecule has 3 aromatic rings. The second-order valence-corrected chi connectivity index (χ2v) is 8.25. The smallest absolute Gasteiger partial charge is 0.273 e. The van der Waals surface area contributed by atoms with E-state index in [-0.39, 0.29) is 11.4 Å². The number of nitrogens with zero attached hydrogens (tertiary/aromatic N) is 1. The van der Waals surface area contributed by atoms with Crippen LogP contribution in [-0.4, -0.2) is 17.8 Å². The maximum absolute atomic E-state index is 14.0. The van der Waals surface area contributed by atoms with Crippen molar-refractivity contribution < 1.29 is 18.8 Å². The summed E-state index contributed by atoms with van der Waals surface area (Å²) in [7, 11) is 0. The lowest BCUT2D eigenvalue weighted by Crippen LogP contribution is -2.54. The Kier molecular flexibility index (Phi) is 6.11. The average molecular weight is 463 g/mol. The summed E-state index contributed by atoms with van der Waals surface area (Å²) >= 11 is 6.40. The minimum atomic E-state index is -0.802. The third-order valence-corrected chi connectivity index (χ3v) is 5.93. The van der Waals surface area contributed by atoms with Crippen LogP contribution in [0.25, 0.3) is 6.08 Å². The van der Waals surface area contributed by atoms with Crippen molar-refractivity contribution in [1.82, 2.24) is 5.32 Å². The highest BCUT2D eigenvalue weighted by atomic mass is 35.5. The predicted molar refractivity (Wildman–Crippen MR) is 126 cm³/mol. The van der Waals surface area contributed by atoms with Gasteiger partial charge in [-0.1, -0.05) is 48.0 Å². The van der Waals surface area contributed by atoms with E-state index in [1.807, 2.05) is 13.8 Å². The number of amides is 4. The van der Waals surface area contributed by atoms with E-state index in [2.05, 4.69) is 5.32 Å². The molecule has 4 amide bonds. The Bertz CT molecular complexity index is 1330. The number of benzene rings is 3. The van der Waals surface area contributed by atoms with Gasteiger partial charge in [-0.3, -0.25) is 14.9 Å². The Hall–Kier alpha value is -3.77. The van der Waals surface area contributed by atoms with E-state index in [9.17, 15) is 18.8 Å². The van der Waals surface area contributed by atoms with Crippen molar-refractivity contribution in [3.05, 3.63) is 105 Å². The van der Waals surface area contributed by atoms with Gasteiger partial charge in [-0.25, -0.2) is 14.1 Å². The van der Waals surface area contributed by atoms with Crippen molar-refractivity contribution in [3.8, 4) is 0 Å². The minimum absolute atomic E-state index is 0.189. The lowest BCUT2D eigenvalue weighted by atomic mass is 10.0. The average Bonchev–Trinajstić information content (AvgIpc) is 2.76. The van der Waals surface area contributed by atoms with Crippen LogP contribution >= 0.6 is 11.6 Å². The molecule has 166 valence electrons. The van der Waals surface area contributed by atoms with Gasteiger partial charge in [0.2, 0.25) is 0 Å². The van der Waals surface area contributed by atoms with Crippen LogP contribution in [0.3, 0.4) is 0 Å². The van der Waals surface area contributed by atoms with E-state index >= 15 is 0 Å². The van der Waals surface area contributed by atoms with E-state index in [0.717, 1.165) is 16.0 Å². The van der Waals surface area contributed by atoms with Crippen molar-refractivity contribution in [2.75, 3.05) is 4.90 Å². The molecule has 1 N–H and O–H groups in total. The van der Waals surface area contributed by atoms with Crippen LogP contribution in [0.4, 0.5) is 14.9 Å². The molecule has 0 atom stereocenters. The normalized spacial score (nSPS) is 15.2. The molecule has 1 saturated heterocycles. The van der Waals surface area contributed by atoms with Gasteiger partial charge in [-0.05, 0) is 72.0 Å². The quantitative estimate of drug-likeness (QED) is 0.419. The molecular formula is C26H20ClFN2O3. The molecule has 1 heterocycles. The van der Waals surface area contributed by atoms with Crippen molar-refractivity contribution >= 4 is 41.2 Å². The summed E-state index contributed by atoms with van der Waals surface area (Å²) in [5, 5.41) is 2.59. The fourth-order valence-corrected chi connectivity index (χ4v) is 3.82. The number of carbonyl (C=O) groups excluding carboxylic acids is 3. The van der Waals surface area contributed by atoms with E-state index in [1.54, 1.807) is 54.6 Å². The van der Waals surface area contributed by atoms with Gasteiger partial charge in [0.05, 0.1) is 5.69 Å². The largest absolute Gasteiger partial charge is 0.335 e. The molecule has 7 heteroatoms. The first-order valence-corrected chi connectivity index (χ1v) is 10.6. The van der Waals surface area contributed by atoms with E-state index < -0.39 is 17.8 Å². The van der Waals surface area contributed by atoms with Gasteiger partial charge in [0, 0.05) is 11.4 Å². The number of rotatable bonds is 4. The van der Waals surface area contributed by atoms with Crippen molar-refractivity contribution in [3.63, 3.8) is 0 Å². The molecule has 0 radical (unpaired) electrons. The molecule has 4 rings (SSSR count). The van der Waals surface area contributed by atoms with Gasteiger partial charge in [0.25, 0.3) is 11.8 Å². The summed E-state index contributed by atoms with van der Waals surface area (Å²) in [4.78, 5) is 38.8. The second-order valence-electron chi connectivity index (χ2n) is 7.85. The Labute approximate surface area is 195 Å². The van der Waals surface area contributed by atoms with Crippen LogP contribution in [0.2, 0.25) is 5.02 Å². The first-order chi connectivity index (χ1) is 15.7. The molecule has 0 saturated carbocycles. The summed E-state index contributed by atoms with van der Waals surface area (Å²) < 4.78 is 14.0. The summed E-state index contributed by atoms with van der Waals surface area (Å²) in [6.45, 7) is 3.80. The molecule has 1 aliphatic heterocycles. The summed E-state index contributed by atoms with van der Waals surface area (Å²) in [6, 6.07) is 15.8. The summed E-state index contributed by atoms with van der Waals surface area (Å²) in [5.74, 6) is -1.82. The second kappa shape index (κ2) is 9.00. The Morgan fingerprint density at radius 1 is 0.939 bits per heavy atom. The van der Waals surface area contributed by atoms with Gasteiger partial charge >= 0.3 is 6.03 Å². The maximum Gasteiger partial charge on any atom is 0.335 e. The molecule has 0 bridgehead atoms. The number of imide groups is 2. The van der Waals surface area contributed by atoms with Gasteiger partial charge in [-0.15, -0.1) is 0 Å². The lowest BCUT2D eigenvalue weighted by Gasteiger charge is -2.26. The van der Waals surface area contributed by atoms with E-state index in [0.29, 0.717) is 33.8 Å². The van der Waals surface area contributed by atoms with Gasteiger partial charge in [-0.2, -0.15) is 0 Å². The summed E-state index contributed by atoms with van der Waals surface area (Å²) in [5.41, 5.74) is 3.83. The fourth-order valence-electron chi connectivity index (χ4n) is 3.57. The molecule has 1 aliphatic rings. The van der Waals surface area contributed by atoms with E-state index in [4.69, 9.17) is 11.6 Å². The van der Waals surface area contributed by atoms with Crippen LogP contribution in [0.15, 0.2) is 66.2 Å². The van der Waals surface area contributed by atoms with Gasteiger partial charge < -0.3 is 0 Å². The van der Waals surface area contributed by atoms with Crippen LogP contribution in [-0.2, 0) is 16.0 Å². The third kappa shape index (κ3) is 4.56. The Morgan fingerprint density at radius 2 is 1.70 bits per heavy atom. The first-order valence-electron chi connectivity index (χ1n) is 10.2. The Balaban J connectivity index is 1.64. The van der Waals surface area contributed by atoms with E-state index in [1.165, 1.54) is 12.1 Å². The van der Waals surface area contributed by atoms with Crippen molar-refractivity contribution in [2.24, 2.45) is 0 Å². The number of barbiturate groups is 1. The SMILES string of the molecule is Cc1ccc(N2C(=O)NC(=O)/C(=C\c3ccc(Cc4ccccc4F)c(Cl)c3)C2=O)cc1C. The molecule has 0 unspecified atom stereocenters. The zero-order chi connectivity index (χ0) is 23.7. The Morgan fingerprint density at radius 3 is 2.39 bits per heavy atom. The van der Waals surface area contributed by atoms with Crippen LogP contribution in [0.1, 0.15) is 27.8 Å². The molecule has 0 aliphatic carbocycles. The van der Waals surface area contributed by atoms with Gasteiger partial charge in [0.1, 0.15) is 11.4 Å². The highest BCUT2D eigenvalue weighted by Crippen LogP contribution is 2.26. The highest BCUT2D eigenvalue weighted by molar-refractivity contribution is 6.39. The number of urea groups is 1. The minimum Gasteiger partial charge on any atom is -0.273 e. The van der Waals surface area contributed by atoms with Crippen molar-refractivity contribution in [1.29, 1.82) is 0 Å². The third-order valence-electron chi connectivity index (χ3n) is 5.58. The molecule has 5 nitrogen and oxygen atoms in total. The topological polar surface area (TPSA) is 66.5 Å². The maximum atomic E-state index is 14.0. The number of anilines is 1. The number of nitrogens with one attached hydrogen (secondary N) is 1. The zero-order valence-corrected chi connectivity index (χ0v) is 18.7. The zero-order valence-electron chi connectivity index (χ0n) is 18.0. The van der Waals surface area contributed by atoms with Crippen molar-refractivity contribution in [2.45, 2.75) is 20.3 Å². The monoisotopic (exact) mass is 462 g/mol. The number of carbonyl (C=O) groups is 3. The summed E-state index contributed by atoms with van der Waals surface area (Å²) in [6.07, 6.45) is 1.69. The van der Waals surface area contributed by atoms with Crippen LogP contribution < -0.4 is 10.2 Å². The molecule has 3 aromatic carbocycles. The molecule has 1 fully saturated rings. The first kappa shape index (κ1) is 22.4. The van der Waals surface area contributed by atoms with Gasteiger partial charge in [0.15, 0.2) is 0 Å². The molecule has 0 aromatic heterocycles. The molecular weight excluding hydrogens is 443 g/mol. The molecule has 0 spiro atoms. The molecule has 33 heavy (non-hydrogen) atoms. The number of hydrogen-bond acceptors (Lipinski definition) is 3. The predicted octanol–water partition coefficient (Wildman–Crippen LogP) is 5.35. The lowest BCUT2D eigenvalue weighted by molar-refractivity contribution is -0.122. The highest BCUT2D eigenvalue weighted by Gasteiger charge is 2.36. The van der Waals surface area contributed by atoms with Crippen LogP contribution in [0, 0.1) is 19.7 Å². The fraction of sp³-hybridized carbons (Fsp3) is 0.115. The number of aryl methyl sites for hydroxylation is 2. The van der Waals surface area contributed by atoms with Crippen LogP contribution in [0.5, 0.6) is 0 Å².